The first-order valence-corrected chi connectivity index (χ1v) is 3.22. The minimum Gasteiger partial charge on any atom is -0.393 e. The van der Waals surface area contributed by atoms with Gasteiger partial charge in [0.1, 0.15) is 0 Å². The maximum Gasteiger partial charge on any atom is 0.433 e. The molecule has 0 amide bonds. The van der Waals surface area contributed by atoms with Gasteiger partial charge in [-0.3, -0.25) is 0 Å². The summed E-state index contributed by atoms with van der Waals surface area (Å²) in [5.74, 6) is 0. The van der Waals surface area contributed by atoms with Gasteiger partial charge in [0.25, 0.3) is 0 Å². The van der Waals surface area contributed by atoms with E-state index in [1.165, 1.54) is 0 Å². The Morgan fingerprint density at radius 3 is 1.56 bits per heavy atom. The van der Waals surface area contributed by atoms with Crippen LogP contribution in [0.4, 0.5) is 0 Å². The fourth-order valence-corrected chi connectivity index (χ4v) is 0.479. The van der Waals surface area contributed by atoms with Crippen molar-refractivity contribution in [3.63, 3.8) is 0 Å². The summed E-state index contributed by atoms with van der Waals surface area (Å²) < 4.78 is 9.76. The smallest absolute Gasteiger partial charge is 0.393 e. The zero-order valence-corrected chi connectivity index (χ0v) is 8.18. The fraction of sp³-hybridized carbons (Fsp3) is 1.00. The molecule has 0 aliphatic carbocycles. The lowest BCUT2D eigenvalue weighted by atomic mass is 10.9. The average Bonchev–Trinajstić information content (AvgIpc) is 1.69. The van der Waals surface area contributed by atoms with E-state index in [1.54, 1.807) is 0 Å². The predicted molar refractivity (Wildman–Crippen MR) is 43.5 cm³/mol. The summed E-state index contributed by atoms with van der Waals surface area (Å²) in [7, 11) is 0.232. The van der Waals surface area contributed by atoms with Crippen molar-refractivity contribution in [3.05, 3.63) is 0 Å². The lowest BCUT2D eigenvalue weighted by molar-refractivity contribution is 0.240. The monoisotopic (exact) mass is 190 g/mol. The molecule has 9 heavy (non-hydrogen) atoms. The van der Waals surface area contributed by atoms with Crippen LogP contribution < -0.4 is 0 Å². The van der Waals surface area contributed by atoms with Gasteiger partial charge in [-0.05, 0) is 13.8 Å². The Kier molecular flexibility index (Phi) is 28.9. The maximum atomic E-state index is 4.88. The van der Waals surface area contributed by atoms with E-state index in [0.717, 1.165) is 13.2 Å². The molecule has 2 radical (unpaired) electrons. The topological polar surface area (TPSA) is 18.5 Å². The Hall–Kier alpha value is 0.717. The summed E-state index contributed by atoms with van der Waals surface area (Å²) in [6, 6.07) is 0. The Morgan fingerprint density at radius 1 is 1.00 bits per heavy atom. The van der Waals surface area contributed by atoms with Crippen LogP contribution in [0.2, 0.25) is 0 Å². The van der Waals surface area contributed by atoms with E-state index in [1.807, 2.05) is 13.8 Å². The third-order valence-corrected chi connectivity index (χ3v) is 1.22. The molecule has 0 saturated heterocycles. The average molecular weight is 191 g/mol. The normalized spacial score (nSPS) is 7.33. The van der Waals surface area contributed by atoms with E-state index in [4.69, 9.17) is 8.85 Å². The highest BCUT2D eigenvalue weighted by Crippen LogP contribution is 1.70. The first kappa shape index (κ1) is 16.4. The molecule has 0 fully saturated rings. The Morgan fingerprint density at radius 2 is 1.33 bits per heavy atom. The molecular formula is C4H12Cl2O2Si. The SMILES string of the molecule is CCO[Si]OCC.Cl.Cl. The Balaban J connectivity index is -0.000000180. The molecular weight excluding hydrogens is 179 g/mol. The number of hydrogen-bond donors (Lipinski definition) is 0. The second-order valence-electron chi connectivity index (χ2n) is 0.949. The van der Waals surface area contributed by atoms with Crippen molar-refractivity contribution < 1.29 is 8.85 Å². The molecule has 0 aromatic rings. The number of hydrogen-bond acceptors (Lipinski definition) is 2. The van der Waals surface area contributed by atoms with Gasteiger partial charge in [-0.1, -0.05) is 0 Å². The summed E-state index contributed by atoms with van der Waals surface area (Å²) in [6.07, 6.45) is 0. The van der Waals surface area contributed by atoms with Crippen LogP contribution >= 0.6 is 24.8 Å². The lowest BCUT2D eigenvalue weighted by Gasteiger charge is -1.93. The number of rotatable bonds is 4. The molecule has 0 aliphatic rings. The van der Waals surface area contributed by atoms with E-state index in [0.29, 0.717) is 0 Å². The van der Waals surface area contributed by atoms with Crippen LogP contribution in [0.25, 0.3) is 0 Å². The van der Waals surface area contributed by atoms with E-state index >= 15 is 0 Å². The van der Waals surface area contributed by atoms with Gasteiger partial charge < -0.3 is 8.85 Å². The highest BCUT2D eigenvalue weighted by molar-refractivity contribution is 6.17. The standard InChI is InChI=1S/C4H10O2Si.2ClH/c1-3-5-7-6-4-2;;/h3-4H2,1-2H3;2*1H. The van der Waals surface area contributed by atoms with Gasteiger partial charge in [-0.15, -0.1) is 24.8 Å². The Labute approximate surface area is 71.2 Å². The quantitative estimate of drug-likeness (QED) is 0.494. The molecule has 0 aromatic heterocycles. The van der Waals surface area contributed by atoms with Gasteiger partial charge in [-0.2, -0.15) is 0 Å². The molecule has 0 heterocycles. The van der Waals surface area contributed by atoms with Gasteiger partial charge in [0, 0.05) is 13.2 Å². The summed E-state index contributed by atoms with van der Waals surface area (Å²) in [5.41, 5.74) is 0. The van der Waals surface area contributed by atoms with Gasteiger partial charge in [0.05, 0.1) is 0 Å². The van der Waals surface area contributed by atoms with Gasteiger partial charge in [-0.25, -0.2) is 0 Å². The van der Waals surface area contributed by atoms with Crippen molar-refractivity contribution >= 4 is 34.8 Å². The van der Waals surface area contributed by atoms with Crippen LogP contribution in [0.3, 0.4) is 0 Å². The molecule has 0 aromatic carbocycles. The van der Waals surface area contributed by atoms with Gasteiger partial charge >= 0.3 is 10.0 Å². The first-order valence-electron chi connectivity index (χ1n) is 2.40. The van der Waals surface area contributed by atoms with Crippen LogP contribution in [-0.2, 0) is 8.85 Å². The van der Waals surface area contributed by atoms with E-state index in [2.05, 4.69) is 0 Å². The largest absolute Gasteiger partial charge is 0.433 e. The molecule has 0 bridgehead atoms. The zero-order valence-electron chi connectivity index (χ0n) is 5.55. The zero-order chi connectivity index (χ0) is 5.54. The molecule has 0 N–H and O–H groups in total. The van der Waals surface area contributed by atoms with Crippen molar-refractivity contribution in [1.29, 1.82) is 0 Å². The van der Waals surface area contributed by atoms with Crippen molar-refractivity contribution in [3.8, 4) is 0 Å². The van der Waals surface area contributed by atoms with Crippen molar-refractivity contribution in [1.82, 2.24) is 0 Å². The van der Waals surface area contributed by atoms with Gasteiger partial charge in [0.15, 0.2) is 0 Å². The molecule has 0 aliphatic heterocycles. The second kappa shape index (κ2) is 15.9. The third kappa shape index (κ3) is 17.7. The minimum atomic E-state index is 0. The molecule has 0 unspecified atom stereocenters. The summed E-state index contributed by atoms with van der Waals surface area (Å²) in [6.45, 7) is 5.40. The summed E-state index contributed by atoms with van der Waals surface area (Å²) in [5, 5.41) is 0. The predicted octanol–water partition coefficient (Wildman–Crippen LogP) is 1.44. The van der Waals surface area contributed by atoms with Crippen LogP contribution in [0, 0.1) is 0 Å². The highest BCUT2D eigenvalue weighted by atomic mass is 35.5. The molecule has 0 rings (SSSR count). The maximum absolute atomic E-state index is 4.88. The second-order valence-corrected chi connectivity index (χ2v) is 1.69. The van der Waals surface area contributed by atoms with Crippen molar-refractivity contribution in [2.24, 2.45) is 0 Å². The van der Waals surface area contributed by atoms with Crippen LogP contribution in [0.15, 0.2) is 0 Å². The van der Waals surface area contributed by atoms with E-state index in [-0.39, 0.29) is 34.8 Å². The Bertz CT molecular complexity index is 35.7. The van der Waals surface area contributed by atoms with E-state index < -0.39 is 0 Å². The molecule has 58 valence electrons. The third-order valence-electron chi connectivity index (χ3n) is 0.407. The molecule has 2 nitrogen and oxygen atoms in total. The van der Waals surface area contributed by atoms with Crippen molar-refractivity contribution in [2.45, 2.75) is 13.8 Å². The first-order chi connectivity index (χ1) is 3.41. The highest BCUT2D eigenvalue weighted by Gasteiger charge is 1.83. The molecule has 0 spiro atoms. The number of halogens is 2. The van der Waals surface area contributed by atoms with Crippen molar-refractivity contribution in [2.75, 3.05) is 13.2 Å². The van der Waals surface area contributed by atoms with Crippen LogP contribution in [0.5, 0.6) is 0 Å². The minimum absolute atomic E-state index is 0. The molecule has 0 saturated carbocycles. The molecule has 5 heteroatoms. The van der Waals surface area contributed by atoms with Crippen LogP contribution in [-0.4, -0.2) is 23.2 Å². The van der Waals surface area contributed by atoms with Gasteiger partial charge in [0.2, 0.25) is 0 Å². The fourth-order valence-electron chi connectivity index (χ4n) is 0.160. The van der Waals surface area contributed by atoms with Crippen LogP contribution in [0.1, 0.15) is 13.8 Å². The van der Waals surface area contributed by atoms with E-state index in [9.17, 15) is 0 Å². The molecule has 0 atom stereocenters. The summed E-state index contributed by atoms with van der Waals surface area (Å²) >= 11 is 0. The lowest BCUT2D eigenvalue weighted by Crippen LogP contribution is -2.02. The summed E-state index contributed by atoms with van der Waals surface area (Å²) in [4.78, 5) is 0.